The molecule has 0 aromatic heterocycles. The van der Waals surface area contributed by atoms with Gasteiger partial charge in [0, 0.05) is 32.3 Å². The van der Waals surface area contributed by atoms with Gasteiger partial charge in [0.2, 0.25) is 5.91 Å². The van der Waals surface area contributed by atoms with E-state index in [4.69, 9.17) is 4.74 Å². The molecule has 0 aliphatic carbocycles. The molecule has 1 aliphatic heterocycles. The molecule has 1 heterocycles. The number of nitro groups is 1. The maximum absolute atomic E-state index is 12.8. The number of rotatable bonds is 6. The lowest BCUT2D eigenvalue weighted by Gasteiger charge is -2.33. The molecule has 0 N–H and O–H groups in total. The lowest BCUT2D eigenvalue weighted by Crippen LogP contribution is -2.50. The van der Waals surface area contributed by atoms with Gasteiger partial charge in [0.15, 0.2) is 0 Å². The highest BCUT2D eigenvalue weighted by Crippen LogP contribution is 2.38. The number of hydrogen-bond acceptors (Lipinski definition) is 5. The van der Waals surface area contributed by atoms with Crippen molar-refractivity contribution in [3.63, 3.8) is 0 Å². The van der Waals surface area contributed by atoms with Crippen molar-refractivity contribution in [3.8, 4) is 11.1 Å². The average Bonchev–Trinajstić information content (AvgIpc) is 2.81. The Bertz CT molecular complexity index is 1130. The summed E-state index contributed by atoms with van der Waals surface area (Å²) in [4.78, 5) is 39.3. The molecule has 0 saturated carbocycles. The van der Waals surface area contributed by atoms with Crippen molar-refractivity contribution >= 4 is 23.8 Å². The number of carbonyl (C=O) groups excluding carboxylic acids is 2. The van der Waals surface area contributed by atoms with Gasteiger partial charge in [-0.15, -0.1) is 0 Å². The first-order chi connectivity index (χ1) is 16.2. The van der Waals surface area contributed by atoms with Gasteiger partial charge in [0.25, 0.3) is 5.69 Å². The highest BCUT2D eigenvalue weighted by atomic mass is 16.6. The summed E-state index contributed by atoms with van der Waals surface area (Å²) in [6.07, 6.45) is 2.55. The summed E-state index contributed by atoms with van der Waals surface area (Å²) in [6, 6.07) is 13.5. The quantitative estimate of drug-likeness (QED) is 0.260. The van der Waals surface area contributed by atoms with E-state index in [1.807, 2.05) is 38.1 Å². The number of nitro benzene ring substituents is 1. The van der Waals surface area contributed by atoms with E-state index in [1.165, 1.54) is 17.0 Å². The number of allylic oxidation sites excluding steroid dienone is 1. The van der Waals surface area contributed by atoms with Crippen LogP contribution in [0, 0.1) is 16.2 Å². The van der Waals surface area contributed by atoms with Gasteiger partial charge in [0.1, 0.15) is 0 Å². The Labute approximate surface area is 199 Å². The van der Waals surface area contributed by atoms with Gasteiger partial charge in [-0.3, -0.25) is 14.9 Å². The van der Waals surface area contributed by atoms with Crippen LogP contribution in [0.3, 0.4) is 0 Å². The molecule has 1 radical (unpaired) electrons. The summed E-state index contributed by atoms with van der Waals surface area (Å²) >= 11 is 0. The van der Waals surface area contributed by atoms with Crippen molar-refractivity contribution in [2.45, 2.75) is 26.7 Å². The van der Waals surface area contributed by atoms with Crippen LogP contribution in [0.15, 0.2) is 54.8 Å². The lowest BCUT2D eigenvalue weighted by molar-refractivity contribution is -0.384. The van der Waals surface area contributed by atoms with Crippen molar-refractivity contribution in [2.75, 3.05) is 26.2 Å². The summed E-state index contributed by atoms with van der Waals surface area (Å²) in [5.41, 5.74) is 2.60. The maximum atomic E-state index is 12.8. The van der Waals surface area contributed by atoms with E-state index in [9.17, 15) is 19.7 Å². The summed E-state index contributed by atoms with van der Waals surface area (Å²) in [5.74, 6) is 0.240. The molecule has 1 aliphatic rings. The SMILES string of the molecule is C=C(C)OC(=O)N1CCN(C(=O)/C=C/c2cc[c]c([N+](=O)[O-])c2-c2ccccc2C(C)C)CC1. The minimum Gasteiger partial charge on any atom is -0.416 e. The number of ether oxygens (including phenoxy) is 1. The second kappa shape index (κ2) is 10.8. The topological polar surface area (TPSA) is 93.0 Å². The monoisotopic (exact) mass is 462 g/mol. The third kappa shape index (κ3) is 5.70. The first-order valence-corrected chi connectivity index (χ1v) is 11.1. The summed E-state index contributed by atoms with van der Waals surface area (Å²) in [7, 11) is 0. The molecule has 8 heteroatoms. The Hall–Kier alpha value is -3.94. The van der Waals surface area contributed by atoms with Crippen molar-refractivity contribution in [1.29, 1.82) is 0 Å². The number of amides is 2. The lowest BCUT2D eigenvalue weighted by atomic mass is 9.89. The second-order valence-corrected chi connectivity index (χ2v) is 8.37. The van der Waals surface area contributed by atoms with E-state index in [0.717, 1.165) is 11.1 Å². The van der Waals surface area contributed by atoms with Gasteiger partial charge in [-0.2, -0.15) is 0 Å². The van der Waals surface area contributed by atoms with Gasteiger partial charge < -0.3 is 14.5 Å². The molecular weight excluding hydrogens is 434 g/mol. The van der Waals surface area contributed by atoms with E-state index >= 15 is 0 Å². The van der Waals surface area contributed by atoms with Gasteiger partial charge in [-0.1, -0.05) is 50.8 Å². The molecule has 2 aromatic rings. The Morgan fingerprint density at radius 2 is 1.79 bits per heavy atom. The largest absolute Gasteiger partial charge is 0.416 e. The fourth-order valence-electron chi connectivity index (χ4n) is 3.89. The van der Waals surface area contributed by atoms with Gasteiger partial charge in [-0.05, 0) is 41.7 Å². The zero-order chi connectivity index (χ0) is 24.8. The minimum absolute atomic E-state index is 0.132. The zero-order valence-corrected chi connectivity index (χ0v) is 19.6. The summed E-state index contributed by atoms with van der Waals surface area (Å²) in [6.45, 7) is 10.6. The van der Waals surface area contributed by atoms with Crippen LogP contribution in [0.1, 0.15) is 37.8 Å². The zero-order valence-electron chi connectivity index (χ0n) is 19.6. The third-order valence-electron chi connectivity index (χ3n) is 5.56. The Morgan fingerprint density at radius 1 is 1.15 bits per heavy atom. The molecular formula is C26H28N3O5. The molecule has 1 fully saturated rings. The normalized spacial score (nSPS) is 13.9. The molecule has 2 amide bonds. The average molecular weight is 463 g/mol. The summed E-state index contributed by atoms with van der Waals surface area (Å²) < 4.78 is 5.02. The number of piperazine rings is 1. The fraction of sp³-hybridized carbons (Fsp3) is 0.308. The van der Waals surface area contributed by atoms with Crippen molar-refractivity contribution < 1.29 is 19.2 Å². The predicted octanol–water partition coefficient (Wildman–Crippen LogP) is 5.01. The molecule has 8 nitrogen and oxygen atoms in total. The van der Waals surface area contributed by atoms with E-state index in [2.05, 4.69) is 12.6 Å². The molecule has 177 valence electrons. The molecule has 3 rings (SSSR count). The van der Waals surface area contributed by atoms with E-state index < -0.39 is 11.0 Å². The number of carbonyl (C=O) groups is 2. The van der Waals surface area contributed by atoms with Crippen LogP contribution in [-0.4, -0.2) is 52.9 Å². The Morgan fingerprint density at radius 3 is 2.41 bits per heavy atom. The fourth-order valence-corrected chi connectivity index (χ4v) is 3.89. The maximum Gasteiger partial charge on any atom is 0.414 e. The van der Waals surface area contributed by atoms with Crippen LogP contribution < -0.4 is 0 Å². The summed E-state index contributed by atoms with van der Waals surface area (Å²) in [5, 5.41) is 11.8. The Kier molecular flexibility index (Phi) is 7.83. The van der Waals surface area contributed by atoms with Crippen molar-refractivity contribution in [2.24, 2.45) is 0 Å². The number of benzene rings is 2. The van der Waals surface area contributed by atoms with Crippen LogP contribution in [0.2, 0.25) is 0 Å². The van der Waals surface area contributed by atoms with E-state index in [0.29, 0.717) is 43.1 Å². The van der Waals surface area contributed by atoms with Crippen LogP contribution in [-0.2, 0) is 9.53 Å². The predicted molar refractivity (Wildman–Crippen MR) is 130 cm³/mol. The number of hydrogen-bond donors (Lipinski definition) is 0. The van der Waals surface area contributed by atoms with Crippen molar-refractivity contribution in [3.05, 3.63) is 82.1 Å². The first-order valence-electron chi connectivity index (χ1n) is 11.1. The minimum atomic E-state index is -0.476. The smallest absolute Gasteiger partial charge is 0.414 e. The van der Waals surface area contributed by atoms with Crippen LogP contribution in [0.5, 0.6) is 0 Å². The van der Waals surface area contributed by atoms with Gasteiger partial charge in [-0.25, -0.2) is 4.79 Å². The second-order valence-electron chi connectivity index (χ2n) is 8.37. The number of nitrogens with zero attached hydrogens (tertiary/aromatic N) is 3. The molecule has 0 unspecified atom stereocenters. The van der Waals surface area contributed by atoms with Gasteiger partial charge >= 0.3 is 6.09 Å². The standard InChI is InChI=1S/C26H28N3O5/c1-18(2)21-9-5-6-10-22(21)25-20(8-7-11-23(25)29(32)33)12-13-24(30)27-14-16-28(17-15-27)26(31)34-19(3)4/h5-10,12-13,18H,3,14-17H2,1-2,4H3/b13-12+. The van der Waals surface area contributed by atoms with Crippen LogP contribution in [0.25, 0.3) is 17.2 Å². The molecule has 1 saturated heterocycles. The van der Waals surface area contributed by atoms with E-state index in [-0.39, 0.29) is 17.5 Å². The van der Waals surface area contributed by atoms with Crippen LogP contribution in [0.4, 0.5) is 10.5 Å². The van der Waals surface area contributed by atoms with Crippen LogP contribution >= 0.6 is 0 Å². The van der Waals surface area contributed by atoms with Crippen molar-refractivity contribution in [1.82, 2.24) is 9.80 Å². The molecule has 2 aromatic carbocycles. The molecule has 0 atom stereocenters. The highest BCUT2D eigenvalue weighted by Gasteiger charge is 2.25. The molecule has 0 bridgehead atoms. The molecule has 0 spiro atoms. The van der Waals surface area contributed by atoms with E-state index in [1.54, 1.807) is 24.0 Å². The third-order valence-corrected chi connectivity index (χ3v) is 5.56. The van der Waals surface area contributed by atoms with Gasteiger partial charge in [0.05, 0.1) is 22.3 Å². The highest BCUT2D eigenvalue weighted by molar-refractivity contribution is 5.94. The first kappa shape index (κ1) is 24.7. The Balaban J connectivity index is 1.84. The molecule has 34 heavy (non-hydrogen) atoms.